The Morgan fingerprint density at radius 3 is 2.50 bits per heavy atom. The lowest BCUT2D eigenvalue weighted by Crippen LogP contribution is -2.57. The molecule has 4 rings (SSSR count). The van der Waals surface area contributed by atoms with Gasteiger partial charge in [0.1, 0.15) is 5.78 Å². The summed E-state index contributed by atoms with van der Waals surface area (Å²) in [7, 11) is 0. The van der Waals surface area contributed by atoms with Crippen molar-refractivity contribution in [3.63, 3.8) is 0 Å². The van der Waals surface area contributed by atoms with Crippen LogP contribution in [-0.2, 0) is 9.59 Å². The van der Waals surface area contributed by atoms with Crippen LogP contribution in [0.25, 0.3) is 0 Å². The molecule has 4 aliphatic rings. The van der Waals surface area contributed by atoms with Crippen LogP contribution in [-0.4, -0.2) is 28.1 Å². The molecule has 9 atom stereocenters. The number of carbonyl (C=O) groups excluding carboxylic acids is 1. The molecule has 4 aliphatic carbocycles. The molecule has 4 saturated carbocycles. The van der Waals surface area contributed by atoms with Gasteiger partial charge in [-0.15, -0.1) is 0 Å². The summed E-state index contributed by atoms with van der Waals surface area (Å²) in [5, 5.41) is 19.3. The number of hydrogen-bond donors (Lipinski definition) is 2. The van der Waals surface area contributed by atoms with Crippen LogP contribution in [0.2, 0.25) is 0 Å². The van der Waals surface area contributed by atoms with Gasteiger partial charge in [0.25, 0.3) is 0 Å². The number of Topliss-reactive ketones (excluding diaryl/α,β-unsaturated/α-hetero) is 1. The van der Waals surface area contributed by atoms with Crippen LogP contribution in [0.5, 0.6) is 0 Å². The standard InChI is InChI=1S/C24H38O4/c1-14(4-7-21(27)28)17-5-6-18-22-19(9-11-24(17,18)3)23(2)10-8-16(25)12-15(23)13-20(22)26/h14-19,22,25H,4-13H2,1-3H3,(H,27,28)/t14-,15+,16-,17-,18?,19?,22?,23+,24-/m1/s1. The van der Waals surface area contributed by atoms with E-state index in [0.29, 0.717) is 41.8 Å². The topological polar surface area (TPSA) is 74.6 Å². The molecule has 0 radical (unpaired) electrons. The molecule has 158 valence electrons. The Labute approximate surface area is 169 Å². The van der Waals surface area contributed by atoms with Gasteiger partial charge in [-0.05, 0) is 91.8 Å². The third-order valence-corrected chi connectivity index (χ3v) is 10.0. The number of carbonyl (C=O) groups is 2. The molecule has 2 N–H and O–H groups in total. The van der Waals surface area contributed by atoms with Crippen LogP contribution >= 0.6 is 0 Å². The molecule has 28 heavy (non-hydrogen) atoms. The van der Waals surface area contributed by atoms with Gasteiger partial charge in [0.2, 0.25) is 0 Å². The number of aliphatic hydroxyl groups is 1. The molecule has 4 fully saturated rings. The third-order valence-electron chi connectivity index (χ3n) is 10.0. The zero-order chi connectivity index (χ0) is 20.3. The summed E-state index contributed by atoms with van der Waals surface area (Å²) in [6.45, 7) is 7.06. The number of carboxylic acids is 1. The summed E-state index contributed by atoms with van der Waals surface area (Å²) in [6, 6.07) is 0. The number of hydrogen-bond acceptors (Lipinski definition) is 3. The minimum Gasteiger partial charge on any atom is -0.481 e. The predicted molar refractivity (Wildman–Crippen MR) is 108 cm³/mol. The number of aliphatic carboxylic acids is 1. The van der Waals surface area contributed by atoms with Crippen LogP contribution in [0.15, 0.2) is 0 Å². The third kappa shape index (κ3) is 3.05. The van der Waals surface area contributed by atoms with Crippen LogP contribution in [0, 0.1) is 46.3 Å². The van der Waals surface area contributed by atoms with E-state index in [4.69, 9.17) is 5.11 Å². The molecule has 0 saturated heterocycles. The Kier molecular flexibility index (Phi) is 5.17. The van der Waals surface area contributed by atoms with Gasteiger partial charge in [0, 0.05) is 18.8 Å². The minimum atomic E-state index is -0.698. The maximum Gasteiger partial charge on any atom is 0.303 e. The van der Waals surface area contributed by atoms with Crippen molar-refractivity contribution < 1.29 is 19.8 Å². The number of ketones is 1. The molecule has 3 unspecified atom stereocenters. The van der Waals surface area contributed by atoms with Gasteiger partial charge in [-0.2, -0.15) is 0 Å². The van der Waals surface area contributed by atoms with Crippen molar-refractivity contribution in [1.29, 1.82) is 0 Å². The fourth-order valence-electron chi connectivity index (χ4n) is 8.44. The fraction of sp³-hybridized carbons (Fsp3) is 0.917. The summed E-state index contributed by atoms with van der Waals surface area (Å²) in [4.78, 5) is 24.4. The van der Waals surface area contributed by atoms with Crippen molar-refractivity contribution in [2.45, 2.75) is 91.1 Å². The van der Waals surface area contributed by atoms with Crippen LogP contribution in [0.1, 0.15) is 85.0 Å². The second-order valence-electron chi connectivity index (χ2n) is 11.2. The average Bonchev–Trinajstić information content (AvgIpc) is 2.98. The highest BCUT2D eigenvalue weighted by atomic mass is 16.4. The van der Waals surface area contributed by atoms with E-state index < -0.39 is 5.97 Å². The van der Waals surface area contributed by atoms with Gasteiger partial charge in [0.15, 0.2) is 0 Å². The highest BCUT2D eigenvalue weighted by molar-refractivity contribution is 5.83. The number of rotatable bonds is 4. The van der Waals surface area contributed by atoms with Gasteiger partial charge in [-0.25, -0.2) is 0 Å². The van der Waals surface area contributed by atoms with E-state index in [1.807, 2.05) is 0 Å². The minimum absolute atomic E-state index is 0.187. The highest BCUT2D eigenvalue weighted by Crippen LogP contribution is 2.67. The quantitative estimate of drug-likeness (QED) is 0.730. The summed E-state index contributed by atoms with van der Waals surface area (Å²) < 4.78 is 0. The van der Waals surface area contributed by atoms with Gasteiger partial charge in [0.05, 0.1) is 6.10 Å². The van der Waals surface area contributed by atoms with Gasteiger partial charge in [-0.3, -0.25) is 9.59 Å². The largest absolute Gasteiger partial charge is 0.481 e. The van der Waals surface area contributed by atoms with Gasteiger partial charge < -0.3 is 10.2 Å². The Hall–Kier alpha value is -0.900. The summed E-state index contributed by atoms with van der Waals surface area (Å²) in [5.41, 5.74) is 0.401. The summed E-state index contributed by atoms with van der Waals surface area (Å²) >= 11 is 0. The van der Waals surface area contributed by atoms with Crippen molar-refractivity contribution in [3.8, 4) is 0 Å². The van der Waals surface area contributed by atoms with Crippen LogP contribution < -0.4 is 0 Å². The predicted octanol–water partition coefficient (Wildman–Crippen LogP) is 4.69. The van der Waals surface area contributed by atoms with E-state index in [1.54, 1.807) is 0 Å². The summed E-state index contributed by atoms with van der Waals surface area (Å²) in [6.07, 6.45) is 8.81. The normalized spacial score (nSPS) is 49.1. The second-order valence-corrected chi connectivity index (χ2v) is 11.2. The van der Waals surface area contributed by atoms with Gasteiger partial charge in [-0.1, -0.05) is 20.8 Å². The van der Waals surface area contributed by atoms with Crippen LogP contribution in [0.4, 0.5) is 0 Å². The monoisotopic (exact) mass is 390 g/mol. The first kappa shape index (κ1) is 20.4. The Balaban J connectivity index is 1.56. The van der Waals surface area contributed by atoms with E-state index in [2.05, 4.69) is 20.8 Å². The molecular formula is C24H38O4. The average molecular weight is 391 g/mol. The van der Waals surface area contributed by atoms with E-state index in [0.717, 1.165) is 44.9 Å². The first-order valence-electron chi connectivity index (χ1n) is 11.6. The zero-order valence-corrected chi connectivity index (χ0v) is 17.8. The van der Waals surface area contributed by atoms with E-state index in [1.165, 1.54) is 6.42 Å². The Morgan fingerprint density at radius 1 is 1.11 bits per heavy atom. The Morgan fingerprint density at radius 2 is 1.79 bits per heavy atom. The Bertz CT molecular complexity index is 645. The molecule has 0 heterocycles. The first-order chi connectivity index (χ1) is 13.2. The molecule has 0 aromatic rings. The molecule has 0 aromatic carbocycles. The molecule has 0 aromatic heterocycles. The van der Waals surface area contributed by atoms with E-state index in [-0.39, 0.29) is 29.3 Å². The van der Waals surface area contributed by atoms with Crippen molar-refractivity contribution in [2.75, 3.05) is 0 Å². The fourth-order valence-corrected chi connectivity index (χ4v) is 8.44. The van der Waals surface area contributed by atoms with Gasteiger partial charge >= 0.3 is 5.97 Å². The zero-order valence-electron chi connectivity index (χ0n) is 17.8. The lowest BCUT2D eigenvalue weighted by molar-refractivity contribution is -0.160. The van der Waals surface area contributed by atoms with E-state index in [9.17, 15) is 14.7 Å². The second kappa shape index (κ2) is 7.11. The molecular weight excluding hydrogens is 352 g/mol. The van der Waals surface area contributed by atoms with Crippen molar-refractivity contribution in [3.05, 3.63) is 0 Å². The van der Waals surface area contributed by atoms with E-state index >= 15 is 0 Å². The highest BCUT2D eigenvalue weighted by Gasteiger charge is 2.62. The number of aliphatic hydroxyl groups excluding tert-OH is 1. The molecule has 0 spiro atoms. The molecule has 0 bridgehead atoms. The lowest BCUT2D eigenvalue weighted by Gasteiger charge is -2.60. The lowest BCUT2D eigenvalue weighted by atomic mass is 9.44. The van der Waals surface area contributed by atoms with Crippen molar-refractivity contribution in [2.24, 2.45) is 46.3 Å². The maximum atomic E-state index is 13.3. The number of fused-ring (bicyclic) bond motifs is 5. The maximum absolute atomic E-state index is 13.3. The molecule has 0 aliphatic heterocycles. The van der Waals surface area contributed by atoms with Crippen molar-refractivity contribution in [1.82, 2.24) is 0 Å². The molecule has 4 heteroatoms. The molecule has 0 amide bonds. The van der Waals surface area contributed by atoms with Crippen LogP contribution in [0.3, 0.4) is 0 Å². The molecule has 4 nitrogen and oxygen atoms in total. The summed E-state index contributed by atoms with van der Waals surface area (Å²) in [5.74, 6) is 2.25. The number of carboxylic acid groups (broad SMARTS) is 1. The smallest absolute Gasteiger partial charge is 0.303 e. The first-order valence-corrected chi connectivity index (χ1v) is 11.6. The SMILES string of the molecule is C[C@H](CCC(=O)O)[C@H]1CCC2C3C(=O)C[C@@H]4C[C@H](O)CC[C@]4(C)C3CC[C@@]21C. The van der Waals surface area contributed by atoms with Crippen molar-refractivity contribution >= 4 is 11.8 Å².